The number of carbonyl (C=O) groups excluding carboxylic acids is 1. The molecule has 0 spiro atoms. The topological polar surface area (TPSA) is 32.3 Å². The Morgan fingerprint density at radius 1 is 1.00 bits per heavy atom. The molecule has 0 aromatic heterocycles. The van der Waals surface area contributed by atoms with Crippen molar-refractivity contribution in [1.82, 2.24) is 5.01 Å². The molecule has 1 aliphatic heterocycles. The largest absolute Gasteiger partial charge is 0.290 e. The van der Waals surface area contributed by atoms with Gasteiger partial charge in [-0.3, -0.25) is 10.2 Å². The summed E-state index contributed by atoms with van der Waals surface area (Å²) in [7, 11) is 0. The second kappa shape index (κ2) is 6.11. The number of nitrogens with zero attached hydrogens (tertiary/aromatic N) is 1. The van der Waals surface area contributed by atoms with E-state index in [2.05, 4.69) is 5.43 Å². The molecule has 0 radical (unpaired) electrons. The van der Waals surface area contributed by atoms with Crippen LogP contribution in [0.25, 0.3) is 6.08 Å². The molecular weight excluding hydrogens is 300 g/mol. The van der Waals surface area contributed by atoms with Gasteiger partial charge in [0.05, 0.1) is 10.6 Å². The zero-order valence-electron chi connectivity index (χ0n) is 11.0. The van der Waals surface area contributed by atoms with Gasteiger partial charge in [0, 0.05) is 0 Å². The van der Waals surface area contributed by atoms with Crippen LogP contribution in [0.4, 0.5) is 5.69 Å². The average Bonchev–Trinajstić information content (AvgIpc) is 2.77. The molecule has 3 nitrogen and oxygen atoms in total. The molecule has 0 aliphatic carbocycles. The first kappa shape index (κ1) is 13.9. The molecule has 0 bridgehead atoms. The number of nitrogens with one attached hydrogen (secondary N) is 1. The van der Waals surface area contributed by atoms with Crippen molar-refractivity contribution in [2.24, 2.45) is 0 Å². The van der Waals surface area contributed by atoms with Gasteiger partial charge in [0.1, 0.15) is 0 Å². The summed E-state index contributed by atoms with van der Waals surface area (Å²) >= 11 is 6.58. The normalized spacial score (nSPS) is 16.6. The second-order valence-corrected chi connectivity index (χ2v) is 6.08. The zero-order valence-corrected chi connectivity index (χ0v) is 12.7. The number of benzene rings is 2. The van der Waals surface area contributed by atoms with Gasteiger partial charge in [-0.1, -0.05) is 60.3 Å². The molecule has 3 rings (SSSR count). The van der Waals surface area contributed by atoms with E-state index in [1.165, 1.54) is 16.8 Å². The van der Waals surface area contributed by atoms with Gasteiger partial charge in [-0.25, -0.2) is 5.01 Å². The number of carbonyl (C=O) groups is 1. The molecule has 0 saturated carbocycles. The monoisotopic (exact) mass is 312 g/mol. The van der Waals surface area contributed by atoms with Crippen LogP contribution < -0.4 is 5.43 Å². The average molecular weight is 312 g/mol. The maximum atomic E-state index is 12.4. The summed E-state index contributed by atoms with van der Waals surface area (Å²) < 4.78 is 0.506. The Hall–Kier alpha value is -2.11. The van der Waals surface area contributed by atoms with Gasteiger partial charge in [0.25, 0.3) is 5.91 Å². The number of thiocarbonyl (C=S) groups is 1. The maximum Gasteiger partial charge on any atom is 0.285 e. The zero-order chi connectivity index (χ0) is 14.7. The number of hydrogen-bond acceptors (Lipinski definition) is 4. The van der Waals surface area contributed by atoms with Gasteiger partial charge in [-0.2, -0.15) is 0 Å². The lowest BCUT2D eigenvalue weighted by molar-refractivity contribution is -0.121. The minimum atomic E-state index is -0.127. The summed E-state index contributed by atoms with van der Waals surface area (Å²) in [6.07, 6.45) is 1.85. The summed E-state index contributed by atoms with van der Waals surface area (Å²) in [6.45, 7) is 0. The van der Waals surface area contributed by atoms with Crippen molar-refractivity contribution in [3.8, 4) is 0 Å². The number of anilines is 1. The Morgan fingerprint density at radius 3 is 2.29 bits per heavy atom. The van der Waals surface area contributed by atoms with Crippen molar-refractivity contribution >= 4 is 46.0 Å². The molecule has 104 valence electrons. The summed E-state index contributed by atoms with van der Waals surface area (Å²) in [5.74, 6) is -0.127. The van der Waals surface area contributed by atoms with Gasteiger partial charge in [0.15, 0.2) is 4.32 Å². The summed E-state index contributed by atoms with van der Waals surface area (Å²) in [5, 5.41) is 1.41. The van der Waals surface area contributed by atoms with Crippen molar-refractivity contribution < 1.29 is 4.79 Å². The van der Waals surface area contributed by atoms with Crippen LogP contribution in [-0.4, -0.2) is 15.2 Å². The van der Waals surface area contributed by atoms with Crippen LogP contribution in [0.5, 0.6) is 0 Å². The molecule has 5 heteroatoms. The van der Waals surface area contributed by atoms with Crippen molar-refractivity contribution in [3.63, 3.8) is 0 Å². The Balaban J connectivity index is 1.81. The van der Waals surface area contributed by atoms with Gasteiger partial charge in [0.2, 0.25) is 0 Å². The molecular formula is C16H12N2OS2. The number of para-hydroxylation sites is 1. The fourth-order valence-corrected chi connectivity index (χ4v) is 3.09. The number of rotatable bonds is 3. The lowest BCUT2D eigenvalue weighted by Gasteiger charge is -2.16. The molecule has 1 heterocycles. The van der Waals surface area contributed by atoms with E-state index in [4.69, 9.17) is 12.2 Å². The third kappa shape index (κ3) is 3.15. The van der Waals surface area contributed by atoms with E-state index in [9.17, 15) is 4.79 Å². The number of thioether (sulfide) groups is 1. The van der Waals surface area contributed by atoms with Crippen LogP contribution >= 0.6 is 24.0 Å². The highest BCUT2D eigenvalue weighted by molar-refractivity contribution is 8.26. The number of hydrogen-bond donors (Lipinski definition) is 1. The molecule has 0 atom stereocenters. The van der Waals surface area contributed by atoms with E-state index in [1.807, 2.05) is 66.7 Å². The van der Waals surface area contributed by atoms with E-state index >= 15 is 0 Å². The number of hydrazine groups is 1. The molecule has 1 aliphatic rings. The Kier molecular flexibility index (Phi) is 4.03. The number of amides is 1. The fourth-order valence-electron chi connectivity index (χ4n) is 1.91. The highest BCUT2D eigenvalue weighted by Crippen LogP contribution is 2.32. The molecule has 2 aromatic carbocycles. The third-order valence-corrected chi connectivity index (χ3v) is 4.21. The first-order chi connectivity index (χ1) is 10.2. The minimum absolute atomic E-state index is 0.127. The van der Waals surface area contributed by atoms with Crippen LogP contribution in [0.1, 0.15) is 5.56 Å². The molecule has 1 N–H and O–H groups in total. The quantitative estimate of drug-likeness (QED) is 0.688. The Bertz CT molecular complexity index is 699. The first-order valence-electron chi connectivity index (χ1n) is 6.39. The van der Waals surface area contributed by atoms with Gasteiger partial charge >= 0.3 is 0 Å². The molecule has 1 amide bonds. The van der Waals surface area contributed by atoms with Gasteiger partial charge < -0.3 is 0 Å². The minimum Gasteiger partial charge on any atom is -0.290 e. The predicted molar refractivity (Wildman–Crippen MR) is 91.5 cm³/mol. The second-order valence-electron chi connectivity index (χ2n) is 4.41. The predicted octanol–water partition coefficient (Wildman–Crippen LogP) is 3.91. The highest BCUT2D eigenvalue weighted by atomic mass is 32.2. The van der Waals surface area contributed by atoms with Crippen LogP contribution in [0.3, 0.4) is 0 Å². The van der Waals surface area contributed by atoms with Crippen LogP contribution in [-0.2, 0) is 4.79 Å². The first-order valence-corrected chi connectivity index (χ1v) is 7.61. The van der Waals surface area contributed by atoms with Gasteiger partial charge in [-0.15, -0.1) is 0 Å². The van der Waals surface area contributed by atoms with Crippen molar-refractivity contribution in [2.45, 2.75) is 0 Å². The van der Waals surface area contributed by atoms with E-state index < -0.39 is 0 Å². The standard InChI is InChI=1S/C16H12N2OS2/c19-15-14(11-12-7-3-1-4-8-12)21-16(20)18(15)17-13-9-5-2-6-10-13/h1-11,17H/b14-11-. The third-order valence-electron chi connectivity index (χ3n) is 2.91. The highest BCUT2D eigenvalue weighted by Gasteiger charge is 2.32. The Morgan fingerprint density at radius 2 is 1.62 bits per heavy atom. The maximum absolute atomic E-state index is 12.4. The molecule has 21 heavy (non-hydrogen) atoms. The van der Waals surface area contributed by atoms with Crippen LogP contribution in [0.15, 0.2) is 65.6 Å². The summed E-state index contributed by atoms with van der Waals surface area (Å²) in [5.41, 5.74) is 4.85. The van der Waals surface area contributed by atoms with Gasteiger partial charge in [-0.05, 0) is 36.0 Å². The van der Waals surface area contributed by atoms with Crippen molar-refractivity contribution in [3.05, 3.63) is 71.1 Å². The lowest BCUT2D eigenvalue weighted by Crippen LogP contribution is -2.33. The fraction of sp³-hybridized carbons (Fsp3) is 0. The molecule has 0 unspecified atom stereocenters. The SMILES string of the molecule is O=C1/C(=C/c2ccccc2)SC(=S)N1Nc1ccccc1. The van der Waals surface area contributed by atoms with Crippen LogP contribution in [0.2, 0.25) is 0 Å². The van der Waals surface area contributed by atoms with Crippen molar-refractivity contribution in [2.75, 3.05) is 5.43 Å². The van der Waals surface area contributed by atoms with E-state index in [0.717, 1.165) is 11.3 Å². The molecule has 1 fully saturated rings. The van der Waals surface area contributed by atoms with Crippen LogP contribution in [0, 0.1) is 0 Å². The molecule has 1 saturated heterocycles. The summed E-state index contributed by atoms with van der Waals surface area (Å²) in [4.78, 5) is 13.0. The lowest BCUT2D eigenvalue weighted by atomic mass is 10.2. The molecule has 2 aromatic rings. The Labute approximate surface area is 132 Å². The smallest absolute Gasteiger partial charge is 0.285 e. The van der Waals surface area contributed by atoms with E-state index in [1.54, 1.807) is 0 Å². The van der Waals surface area contributed by atoms with E-state index in [0.29, 0.717) is 9.23 Å². The van der Waals surface area contributed by atoms with Crippen molar-refractivity contribution in [1.29, 1.82) is 0 Å². The summed E-state index contributed by atoms with van der Waals surface area (Å²) in [6, 6.07) is 19.2. The van der Waals surface area contributed by atoms with E-state index in [-0.39, 0.29) is 5.91 Å².